The number of carboxylic acid groups (broad SMARTS) is 1. The molecule has 5 nitrogen and oxygen atoms in total. The lowest BCUT2D eigenvalue weighted by Gasteiger charge is -2.26. The molecule has 1 rings (SSSR count). The van der Waals surface area contributed by atoms with Crippen LogP contribution in [0, 0.1) is 0 Å². The number of ether oxygens (including phenoxy) is 1. The van der Waals surface area contributed by atoms with Crippen molar-refractivity contribution in [1.82, 2.24) is 4.90 Å². The minimum absolute atomic E-state index is 0.00884. The fourth-order valence-corrected chi connectivity index (χ4v) is 3.09. The fraction of sp³-hybridized carbons (Fsp3) is 0.800. The normalized spacial score (nSPS) is 24.8. The maximum absolute atomic E-state index is 11.9. The van der Waals surface area contributed by atoms with Gasteiger partial charge in [-0.25, -0.2) is 4.79 Å². The molecule has 0 aromatic rings. The molecule has 1 amide bonds. The topological polar surface area (TPSA) is 66.8 Å². The molecule has 6 heteroatoms. The van der Waals surface area contributed by atoms with Crippen molar-refractivity contribution < 1.29 is 19.4 Å². The zero-order chi connectivity index (χ0) is 12.1. The number of carboxylic acids is 1. The number of thioether (sulfide) groups is 1. The molecule has 2 atom stereocenters. The van der Waals surface area contributed by atoms with Crippen LogP contribution in [0.25, 0.3) is 0 Å². The lowest BCUT2D eigenvalue weighted by atomic mass is 10.2. The van der Waals surface area contributed by atoms with Gasteiger partial charge in [0.2, 0.25) is 5.91 Å². The summed E-state index contributed by atoms with van der Waals surface area (Å²) in [5.74, 6) is -0.577. The van der Waals surface area contributed by atoms with Crippen LogP contribution in [0.4, 0.5) is 0 Å². The summed E-state index contributed by atoms with van der Waals surface area (Å²) in [5.41, 5.74) is 0. The molecule has 1 fully saturated rings. The van der Waals surface area contributed by atoms with E-state index in [1.54, 1.807) is 0 Å². The average molecular weight is 247 g/mol. The Bertz CT molecular complexity index is 272. The second kappa shape index (κ2) is 6.10. The van der Waals surface area contributed by atoms with E-state index in [2.05, 4.69) is 0 Å². The number of hydrogen-bond donors (Lipinski definition) is 1. The van der Waals surface area contributed by atoms with E-state index >= 15 is 0 Å². The van der Waals surface area contributed by atoms with Gasteiger partial charge in [0, 0.05) is 12.9 Å². The quantitative estimate of drug-likeness (QED) is 0.778. The summed E-state index contributed by atoms with van der Waals surface area (Å²) in [5, 5.41) is 9.02. The van der Waals surface area contributed by atoms with Gasteiger partial charge in [-0.15, -0.1) is 11.8 Å². The third-order valence-corrected chi connectivity index (χ3v) is 3.99. The highest BCUT2D eigenvalue weighted by Gasteiger charge is 2.40. The highest BCUT2D eigenvalue weighted by atomic mass is 32.2. The first-order valence-electron chi connectivity index (χ1n) is 5.26. The van der Waals surface area contributed by atoms with Gasteiger partial charge < -0.3 is 14.7 Å². The van der Waals surface area contributed by atoms with E-state index in [1.165, 1.54) is 23.8 Å². The van der Waals surface area contributed by atoms with Crippen LogP contribution in [0.5, 0.6) is 0 Å². The summed E-state index contributed by atoms with van der Waals surface area (Å²) in [7, 11) is 1.53. The smallest absolute Gasteiger partial charge is 0.327 e. The van der Waals surface area contributed by atoms with Gasteiger partial charge in [0.25, 0.3) is 0 Å². The summed E-state index contributed by atoms with van der Waals surface area (Å²) in [6, 6.07) is -0.681. The van der Waals surface area contributed by atoms with Crippen molar-refractivity contribution in [3.8, 4) is 0 Å². The fourth-order valence-electron chi connectivity index (χ4n) is 1.72. The molecule has 0 radical (unpaired) electrons. The first-order valence-corrected chi connectivity index (χ1v) is 6.31. The maximum Gasteiger partial charge on any atom is 0.327 e. The van der Waals surface area contributed by atoms with E-state index in [-0.39, 0.29) is 17.7 Å². The summed E-state index contributed by atoms with van der Waals surface area (Å²) in [6.45, 7) is 2.29. The SMILES string of the molecule is CCC1SCC(C(=O)O)N1C(=O)CCOC. The second-order valence-electron chi connectivity index (χ2n) is 3.59. The van der Waals surface area contributed by atoms with E-state index in [0.29, 0.717) is 12.4 Å². The maximum atomic E-state index is 11.9. The van der Waals surface area contributed by atoms with Crippen LogP contribution in [0.1, 0.15) is 19.8 Å². The average Bonchev–Trinajstić information content (AvgIpc) is 2.69. The minimum Gasteiger partial charge on any atom is -0.480 e. The standard InChI is InChI=1S/C10H17NO4S/c1-3-9-11(8(12)4-5-15-2)7(6-16-9)10(13)14/h7,9H,3-6H2,1-2H3,(H,13,14). The van der Waals surface area contributed by atoms with Crippen LogP contribution in [0.15, 0.2) is 0 Å². The first kappa shape index (κ1) is 13.3. The van der Waals surface area contributed by atoms with E-state index < -0.39 is 12.0 Å². The van der Waals surface area contributed by atoms with Crippen LogP contribution in [-0.4, -0.2) is 52.8 Å². The monoisotopic (exact) mass is 247 g/mol. The second-order valence-corrected chi connectivity index (χ2v) is 4.80. The van der Waals surface area contributed by atoms with Crippen molar-refractivity contribution in [1.29, 1.82) is 0 Å². The van der Waals surface area contributed by atoms with Crippen molar-refractivity contribution in [2.24, 2.45) is 0 Å². The van der Waals surface area contributed by atoms with E-state index in [9.17, 15) is 9.59 Å². The zero-order valence-electron chi connectivity index (χ0n) is 9.51. The van der Waals surface area contributed by atoms with Crippen molar-refractivity contribution in [3.05, 3.63) is 0 Å². The van der Waals surface area contributed by atoms with Crippen molar-refractivity contribution in [2.45, 2.75) is 31.2 Å². The molecular weight excluding hydrogens is 230 g/mol. The summed E-state index contributed by atoms with van der Waals surface area (Å²) >= 11 is 1.53. The lowest BCUT2D eigenvalue weighted by molar-refractivity contribution is -0.149. The van der Waals surface area contributed by atoms with Gasteiger partial charge in [-0.05, 0) is 6.42 Å². The lowest BCUT2D eigenvalue weighted by Crippen LogP contribution is -2.45. The van der Waals surface area contributed by atoms with Gasteiger partial charge in [-0.3, -0.25) is 4.79 Å². The first-order chi connectivity index (χ1) is 7.61. The summed E-state index contributed by atoms with van der Waals surface area (Å²) in [6.07, 6.45) is 1.02. The number of aliphatic carboxylic acids is 1. The van der Waals surface area contributed by atoms with Crippen LogP contribution >= 0.6 is 11.8 Å². The van der Waals surface area contributed by atoms with Gasteiger partial charge in [0.1, 0.15) is 6.04 Å². The number of methoxy groups -OCH3 is 1. The molecular formula is C10H17NO4S. The zero-order valence-corrected chi connectivity index (χ0v) is 10.3. The molecule has 16 heavy (non-hydrogen) atoms. The van der Waals surface area contributed by atoms with Gasteiger partial charge >= 0.3 is 5.97 Å². The Balaban J connectivity index is 2.69. The number of carbonyl (C=O) groups is 2. The molecule has 0 aromatic carbocycles. The Labute approximate surface area is 99.1 Å². The van der Waals surface area contributed by atoms with Gasteiger partial charge in [-0.1, -0.05) is 6.92 Å². The van der Waals surface area contributed by atoms with Gasteiger partial charge in [0.15, 0.2) is 0 Å². The third kappa shape index (κ3) is 2.89. The molecule has 92 valence electrons. The summed E-state index contributed by atoms with van der Waals surface area (Å²) < 4.78 is 4.83. The molecule has 2 unspecified atom stereocenters. The Morgan fingerprint density at radius 1 is 1.56 bits per heavy atom. The third-order valence-electron chi connectivity index (χ3n) is 2.53. The predicted octanol–water partition coefficient (Wildman–Crippen LogP) is 0.788. The Morgan fingerprint density at radius 2 is 2.25 bits per heavy atom. The van der Waals surface area contributed by atoms with E-state index in [4.69, 9.17) is 9.84 Å². The highest BCUT2D eigenvalue weighted by molar-refractivity contribution is 8.00. The molecule has 1 saturated heterocycles. The molecule has 0 saturated carbocycles. The largest absolute Gasteiger partial charge is 0.480 e. The summed E-state index contributed by atoms with van der Waals surface area (Å²) in [4.78, 5) is 24.4. The number of hydrogen-bond acceptors (Lipinski definition) is 4. The van der Waals surface area contributed by atoms with Gasteiger partial charge in [0.05, 0.1) is 18.4 Å². The molecule has 1 aliphatic heterocycles. The Morgan fingerprint density at radius 3 is 2.75 bits per heavy atom. The van der Waals surface area contributed by atoms with E-state index in [0.717, 1.165) is 6.42 Å². The molecule has 0 aliphatic carbocycles. The van der Waals surface area contributed by atoms with Crippen LogP contribution in [0.3, 0.4) is 0 Å². The van der Waals surface area contributed by atoms with Crippen molar-refractivity contribution >= 4 is 23.6 Å². The van der Waals surface area contributed by atoms with Crippen LogP contribution < -0.4 is 0 Å². The van der Waals surface area contributed by atoms with Crippen molar-refractivity contribution in [2.75, 3.05) is 19.5 Å². The van der Waals surface area contributed by atoms with Crippen LogP contribution in [-0.2, 0) is 14.3 Å². The molecule has 1 aliphatic rings. The van der Waals surface area contributed by atoms with Gasteiger partial charge in [-0.2, -0.15) is 0 Å². The number of amides is 1. The molecule has 1 heterocycles. The Hall–Kier alpha value is -0.750. The number of carbonyl (C=O) groups excluding carboxylic acids is 1. The molecule has 1 N–H and O–H groups in total. The number of rotatable bonds is 5. The van der Waals surface area contributed by atoms with E-state index in [1.807, 2.05) is 6.92 Å². The molecule has 0 aromatic heterocycles. The molecule has 0 bridgehead atoms. The predicted molar refractivity (Wildman–Crippen MR) is 61.3 cm³/mol. The number of nitrogens with zero attached hydrogens (tertiary/aromatic N) is 1. The minimum atomic E-state index is -0.922. The Kier molecular flexibility index (Phi) is 5.08. The van der Waals surface area contributed by atoms with Crippen molar-refractivity contribution in [3.63, 3.8) is 0 Å². The highest BCUT2D eigenvalue weighted by Crippen LogP contribution is 2.31. The van der Waals surface area contributed by atoms with Crippen LogP contribution in [0.2, 0.25) is 0 Å². The molecule has 0 spiro atoms.